The van der Waals surface area contributed by atoms with Crippen LogP contribution in [0.15, 0.2) is 140 Å². The van der Waals surface area contributed by atoms with Crippen LogP contribution in [0.25, 0.3) is 71.8 Å². The molecular formula is C47H35N5OPt-2. The van der Waals surface area contributed by atoms with Gasteiger partial charge in [-0.2, -0.15) is 18.2 Å². The van der Waals surface area contributed by atoms with Gasteiger partial charge >= 0.3 is 0 Å². The average molecular weight is 881 g/mol. The smallest absolute Gasteiger partial charge is 0.242 e. The Morgan fingerprint density at radius 2 is 1.30 bits per heavy atom. The summed E-state index contributed by atoms with van der Waals surface area (Å²) in [6, 6.07) is 53.7. The standard InChI is InChI=1S/C47H35N5O.Pt/c1-47(2,3)31-24-25-48-46(26-31)52-42-23-20-33(51-40-16-7-5-14-36(40)37-15-6-8-17-41(37)51)28-39(42)38-22-21-35(29-45(38)52)53-34-13-11-12-32(27-34)50-30-49(4)43-18-9-10-19-44(43)50;/h5-26,28H,1-4H3;/q-2;. The third kappa shape index (κ3) is 5.44. The maximum absolute atomic E-state index is 6.53. The summed E-state index contributed by atoms with van der Waals surface area (Å²) in [5, 5.41) is 4.65. The maximum Gasteiger partial charge on any atom is 0.242 e. The topological polar surface area (TPSA) is 40.8 Å². The molecule has 0 fully saturated rings. The average Bonchev–Trinajstić information content (AvgIpc) is 3.81. The third-order valence-electron chi connectivity index (χ3n) is 10.3. The van der Waals surface area contributed by atoms with Crippen LogP contribution in [0.5, 0.6) is 11.5 Å². The second-order valence-corrected chi connectivity index (χ2v) is 14.6. The minimum Gasteiger partial charge on any atom is -0.510 e. The van der Waals surface area contributed by atoms with Crippen LogP contribution in [0.1, 0.15) is 26.3 Å². The molecule has 0 atom stereocenters. The molecule has 10 aromatic rings. The van der Waals surface area contributed by atoms with Crippen LogP contribution >= 0.6 is 0 Å². The van der Waals surface area contributed by atoms with E-state index in [1.165, 1.54) is 27.4 Å². The summed E-state index contributed by atoms with van der Waals surface area (Å²) in [5.41, 5.74) is 9.54. The van der Waals surface area contributed by atoms with E-state index in [1.54, 1.807) is 0 Å². The summed E-state index contributed by atoms with van der Waals surface area (Å²) in [5.74, 6) is 2.03. The van der Waals surface area contributed by atoms with Crippen molar-refractivity contribution < 1.29 is 30.4 Å². The van der Waals surface area contributed by atoms with Gasteiger partial charge in [0.1, 0.15) is 5.82 Å². The van der Waals surface area contributed by atoms with Gasteiger partial charge in [0, 0.05) is 60.7 Å². The largest absolute Gasteiger partial charge is 0.510 e. The van der Waals surface area contributed by atoms with Gasteiger partial charge in [-0.3, -0.25) is 0 Å². The van der Waals surface area contributed by atoms with E-state index in [0.717, 1.165) is 50.0 Å². The monoisotopic (exact) mass is 880 g/mol. The van der Waals surface area contributed by atoms with E-state index in [-0.39, 0.29) is 26.5 Å². The molecule has 0 spiro atoms. The molecule has 6 nitrogen and oxygen atoms in total. The van der Waals surface area contributed by atoms with Crippen molar-refractivity contribution in [1.29, 1.82) is 0 Å². The molecule has 54 heavy (non-hydrogen) atoms. The van der Waals surface area contributed by atoms with Gasteiger partial charge in [-0.15, -0.1) is 29.7 Å². The Balaban J connectivity index is 0.00000384. The second kappa shape index (κ2) is 12.9. The number of benzene rings is 6. The molecule has 0 amide bonds. The van der Waals surface area contributed by atoms with Gasteiger partial charge in [0.15, 0.2) is 0 Å². The van der Waals surface area contributed by atoms with E-state index in [9.17, 15) is 0 Å². The normalized spacial score (nSPS) is 11.9. The Labute approximate surface area is 327 Å². The van der Waals surface area contributed by atoms with E-state index in [4.69, 9.17) is 9.72 Å². The van der Waals surface area contributed by atoms with Crippen molar-refractivity contribution in [3.8, 4) is 28.7 Å². The van der Waals surface area contributed by atoms with Crippen molar-refractivity contribution in [1.82, 2.24) is 18.7 Å². The summed E-state index contributed by atoms with van der Waals surface area (Å²) in [7, 11) is 2.00. The zero-order valence-electron chi connectivity index (χ0n) is 30.2. The van der Waals surface area contributed by atoms with E-state index < -0.39 is 0 Å². The molecule has 0 unspecified atom stereocenters. The van der Waals surface area contributed by atoms with Gasteiger partial charge in [-0.1, -0.05) is 92.6 Å². The molecule has 0 saturated carbocycles. The second-order valence-electron chi connectivity index (χ2n) is 14.6. The first kappa shape index (κ1) is 33.8. The van der Waals surface area contributed by atoms with Crippen molar-refractivity contribution in [2.24, 2.45) is 7.05 Å². The van der Waals surface area contributed by atoms with Crippen molar-refractivity contribution in [2.45, 2.75) is 26.2 Å². The molecule has 0 N–H and O–H groups in total. The van der Waals surface area contributed by atoms with Gasteiger partial charge in [-0.25, -0.2) is 4.98 Å². The molecule has 4 aromatic heterocycles. The molecule has 6 aromatic carbocycles. The Hall–Kier alpha value is -5.97. The van der Waals surface area contributed by atoms with Crippen molar-refractivity contribution >= 4 is 54.6 Å². The molecular weight excluding hydrogens is 846 g/mol. The number of hydrogen-bond donors (Lipinski definition) is 0. The molecule has 10 rings (SSSR count). The Morgan fingerprint density at radius 1 is 0.611 bits per heavy atom. The number of aromatic nitrogens is 5. The number of rotatable bonds is 5. The van der Waals surface area contributed by atoms with Crippen molar-refractivity contribution in [3.05, 3.63) is 164 Å². The van der Waals surface area contributed by atoms with Gasteiger partial charge in [0.05, 0.1) is 29.1 Å². The van der Waals surface area contributed by atoms with Gasteiger partial charge < -0.3 is 23.0 Å². The molecule has 0 bridgehead atoms. The van der Waals surface area contributed by atoms with Crippen LogP contribution in [0.3, 0.4) is 0 Å². The number of hydrogen-bond acceptors (Lipinski definition) is 2. The number of fused-ring (bicyclic) bond motifs is 7. The van der Waals surface area contributed by atoms with Crippen LogP contribution in [0, 0.1) is 18.5 Å². The fourth-order valence-corrected chi connectivity index (χ4v) is 7.68. The molecule has 4 heterocycles. The summed E-state index contributed by atoms with van der Waals surface area (Å²) >= 11 is 0. The first-order valence-corrected chi connectivity index (χ1v) is 17.9. The predicted molar refractivity (Wildman–Crippen MR) is 213 cm³/mol. The van der Waals surface area contributed by atoms with Gasteiger partial charge in [0.25, 0.3) is 0 Å². The third-order valence-corrected chi connectivity index (χ3v) is 10.3. The summed E-state index contributed by atoms with van der Waals surface area (Å²) in [6.45, 7) is 6.69. The van der Waals surface area contributed by atoms with Crippen LogP contribution in [0.2, 0.25) is 0 Å². The van der Waals surface area contributed by atoms with Gasteiger partial charge in [-0.05, 0) is 58.8 Å². The van der Waals surface area contributed by atoms with E-state index >= 15 is 0 Å². The zero-order valence-corrected chi connectivity index (χ0v) is 32.5. The Bertz CT molecular complexity index is 3000. The summed E-state index contributed by atoms with van der Waals surface area (Å²) < 4.78 is 15.1. The number of para-hydroxylation sites is 4. The molecule has 0 saturated heterocycles. The zero-order chi connectivity index (χ0) is 35.8. The quantitative estimate of drug-likeness (QED) is 0.128. The molecule has 266 valence electrons. The summed E-state index contributed by atoms with van der Waals surface area (Å²) in [4.78, 5) is 4.92. The fraction of sp³-hybridized carbons (Fsp3) is 0.106. The number of ether oxygens (including phenoxy) is 1. The number of nitrogens with zero attached hydrogens (tertiary/aromatic N) is 5. The Kier molecular flexibility index (Phi) is 8.06. The van der Waals surface area contributed by atoms with E-state index in [1.807, 2.05) is 58.8 Å². The minimum atomic E-state index is -0.0431. The van der Waals surface area contributed by atoms with E-state index in [2.05, 4.69) is 145 Å². The number of aryl methyl sites for hydroxylation is 1. The minimum absolute atomic E-state index is 0. The van der Waals surface area contributed by atoms with E-state index in [0.29, 0.717) is 11.5 Å². The molecule has 0 radical (unpaired) electrons. The number of imidazole rings is 1. The van der Waals surface area contributed by atoms with Crippen molar-refractivity contribution in [2.75, 3.05) is 0 Å². The predicted octanol–water partition coefficient (Wildman–Crippen LogP) is 10.5. The summed E-state index contributed by atoms with van der Waals surface area (Å²) in [6.07, 6.45) is 5.31. The maximum atomic E-state index is 6.53. The molecule has 0 aliphatic heterocycles. The Morgan fingerprint density at radius 3 is 2.06 bits per heavy atom. The molecule has 0 aliphatic carbocycles. The first-order valence-electron chi connectivity index (χ1n) is 17.9. The van der Waals surface area contributed by atoms with Gasteiger partial charge in [0.2, 0.25) is 6.33 Å². The van der Waals surface area contributed by atoms with Crippen LogP contribution in [0.4, 0.5) is 0 Å². The van der Waals surface area contributed by atoms with Crippen molar-refractivity contribution in [3.63, 3.8) is 0 Å². The first-order chi connectivity index (χ1) is 25.8. The SMILES string of the molecule is C[n+]1[c-]n(-c2[c-]c(Oc3[c-]c4c(cc3)c3cc(-n5c6ccccc6c6ccccc65)ccc3n4-c3cc(C(C)(C)C)ccn3)ccc2)c2ccccc21.[Pt]. The van der Waals surface area contributed by atoms with Crippen LogP contribution in [-0.4, -0.2) is 18.7 Å². The fourth-order valence-electron chi connectivity index (χ4n) is 7.68. The molecule has 7 heteroatoms. The molecule has 0 aliphatic rings. The number of pyridine rings is 1. The van der Waals surface area contributed by atoms with Crippen LogP contribution < -0.4 is 9.30 Å². The van der Waals surface area contributed by atoms with Crippen LogP contribution in [-0.2, 0) is 33.5 Å².